The van der Waals surface area contributed by atoms with Crippen LogP contribution in [-0.2, 0) is 9.59 Å². The van der Waals surface area contributed by atoms with Crippen LogP contribution in [0.25, 0.3) is 20.5 Å². The summed E-state index contributed by atoms with van der Waals surface area (Å²) in [6.45, 7) is 0.414. The van der Waals surface area contributed by atoms with Crippen molar-refractivity contribution in [3.05, 3.63) is 77.9 Å². The van der Waals surface area contributed by atoms with E-state index in [0.717, 1.165) is 32.0 Å². The molecule has 0 spiro atoms. The molecule has 188 valence electrons. The van der Waals surface area contributed by atoms with Crippen molar-refractivity contribution >= 4 is 39.0 Å². The summed E-state index contributed by atoms with van der Waals surface area (Å²) >= 11 is 1.54. The molecule has 0 atom stereocenters. The first-order chi connectivity index (χ1) is 18.0. The smallest absolute Gasteiger partial charge is 0.229 e. The molecule has 0 bridgehead atoms. The lowest BCUT2D eigenvalue weighted by Gasteiger charge is -2.14. The third kappa shape index (κ3) is 4.93. The van der Waals surface area contributed by atoms with Gasteiger partial charge in [-0.25, -0.2) is 0 Å². The van der Waals surface area contributed by atoms with Crippen LogP contribution in [0.5, 0.6) is 17.2 Å². The minimum atomic E-state index is -0.164. The van der Waals surface area contributed by atoms with Crippen molar-refractivity contribution in [3.8, 4) is 27.7 Å². The molecule has 1 saturated heterocycles. The van der Waals surface area contributed by atoms with E-state index in [-0.39, 0.29) is 43.6 Å². The highest BCUT2D eigenvalue weighted by molar-refractivity contribution is 7.22. The summed E-state index contributed by atoms with van der Waals surface area (Å²) in [4.78, 5) is 39.4. The van der Waals surface area contributed by atoms with Gasteiger partial charge in [-0.15, -0.1) is 11.3 Å². The number of benzene rings is 3. The van der Waals surface area contributed by atoms with E-state index in [1.54, 1.807) is 49.8 Å². The van der Waals surface area contributed by atoms with Gasteiger partial charge in [0.05, 0.1) is 20.8 Å². The Kier molecular flexibility index (Phi) is 6.92. The number of nitrogens with zero attached hydrogens (tertiary/aromatic N) is 1. The van der Waals surface area contributed by atoms with E-state index in [1.165, 1.54) is 4.90 Å². The molecular formula is C29H25NO6S. The molecule has 3 aromatic carbocycles. The first-order valence-corrected chi connectivity index (χ1v) is 12.7. The largest absolute Gasteiger partial charge is 0.497 e. The molecule has 5 rings (SSSR count). The summed E-state index contributed by atoms with van der Waals surface area (Å²) in [7, 11) is 3.24. The number of carbonyl (C=O) groups is 3. The van der Waals surface area contributed by atoms with E-state index in [2.05, 4.69) is 0 Å². The highest BCUT2D eigenvalue weighted by atomic mass is 32.1. The van der Waals surface area contributed by atoms with Gasteiger partial charge in [0.15, 0.2) is 5.78 Å². The van der Waals surface area contributed by atoms with Crippen LogP contribution in [0, 0.1) is 0 Å². The molecular weight excluding hydrogens is 490 g/mol. The van der Waals surface area contributed by atoms with E-state index in [9.17, 15) is 14.4 Å². The highest BCUT2D eigenvalue weighted by Crippen LogP contribution is 2.41. The molecule has 0 radical (unpaired) electrons. The van der Waals surface area contributed by atoms with Crippen LogP contribution in [0.3, 0.4) is 0 Å². The van der Waals surface area contributed by atoms with Crippen LogP contribution in [0.1, 0.15) is 28.8 Å². The summed E-state index contributed by atoms with van der Waals surface area (Å²) in [6, 6.07) is 20.3. The molecule has 1 aliphatic rings. The first-order valence-electron chi connectivity index (χ1n) is 11.8. The molecule has 0 saturated carbocycles. The van der Waals surface area contributed by atoms with Crippen molar-refractivity contribution in [1.82, 2.24) is 4.90 Å². The number of likely N-dealkylation sites (tertiary alicyclic amines) is 1. The zero-order valence-corrected chi connectivity index (χ0v) is 21.3. The quantitative estimate of drug-likeness (QED) is 0.221. The minimum absolute atomic E-state index is 0.0953. The van der Waals surface area contributed by atoms with Gasteiger partial charge in [0.2, 0.25) is 11.8 Å². The highest BCUT2D eigenvalue weighted by Gasteiger charge is 2.28. The Morgan fingerprint density at radius 2 is 1.46 bits per heavy atom. The SMILES string of the molecule is COc1ccc(-c2sc3cc(OC)ccc3c2C(=O)c2ccc(OCCN3C(=O)CCC3=O)cc2)cc1. The maximum absolute atomic E-state index is 13.8. The van der Waals surface area contributed by atoms with E-state index in [4.69, 9.17) is 14.2 Å². The number of hydrogen-bond donors (Lipinski definition) is 0. The number of fused-ring (bicyclic) bond motifs is 1. The average molecular weight is 516 g/mol. The van der Waals surface area contributed by atoms with Crippen molar-refractivity contribution in [2.45, 2.75) is 12.8 Å². The van der Waals surface area contributed by atoms with Gasteiger partial charge in [-0.1, -0.05) is 0 Å². The third-order valence-electron chi connectivity index (χ3n) is 6.33. The number of imide groups is 1. The van der Waals surface area contributed by atoms with Gasteiger partial charge >= 0.3 is 0 Å². The number of methoxy groups -OCH3 is 2. The maximum Gasteiger partial charge on any atom is 0.229 e. The van der Waals surface area contributed by atoms with Gasteiger partial charge in [0, 0.05) is 38.9 Å². The van der Waals surface area contributed by atoms with Crippen LogP contribution < -0.4 is 14.2 Å². The number of thiophene rings is 1. The average Bonchev–Trinajstić information content (AvgIpc) is 3.47. The fraction of sp³-hybridized carbons (Fsp3) is 0.207. The van der Waals surface area contributed by atoms with E-state index >= 15 is 0 Å². The molecule has 1 aliphatic heterocycles. The Hall–Kier alpha value is -4.17. The predicted octanol–water partition coefficient (Wildman–Crippen LogP) is 5.34. The van der Waals surface area contributed by atoms with E-state index in [1.807, 2.05) is 42.5 Å². The minimum Gasteiger partial charge on any atom is -0.497 e. The number of ketones is 1. The van der Waals surface area contributed by atoms with E-state index in [0.29, 0.717) is 16.9 Å². The van der Waals surface area contributed by atoms with Gasteiger partial charge < -0.3 is 14.2 Å². The van der Waals surface area contributed by atoms with Crippen molar-refractivity contribution in [2.75, 3.05) is 27.4 Å². The maximum atomic E-state index is 13.8. The molecule has 1 fully saturated rings. The second-order valence-electron chi connectivity index (χ2n) is 8.54. The second kappa shape index (κ2) is 10.4. The van der Waals surface area contributed by atoms with Gasteiger partial charge in [0.25, 0.3) is 0 Å². The second-order valence-corrected chi connectivity index (χ2v) is 9.59. The first kappa shape index (κ1) is 24.5. The van der Waals surface area contributed by atoms with E-state index < -0.39 is 0 Å². The normalized spacial score (nSPS) is 13.3. The lowest BCUT2D eigenvalue weighted by atomic mass is 9.97. The Morgan fingerprint density at radius 3 is 2.11 bits per heavy atom. The van der Waals surface area contributed by atoms with Crippen LogP contribution in [0.4, 0.5) is 0 Å². The molecule has 1 aromatic heterocycles. The molecule has 8 heteroatoms. The van der Waals surface area contributed by atoms with Gasteiger partial charge in [-0.2, -0.15) is 0 Å². The standard InChI is InChI=1S/C29H25NO6S/c1-34-20-7-5-19(6-8-20)29-27(23-12-11-22(35-2)17-24(23)37-29)28(33)18-3-9-21(10-4-18)36-16-15-30-25(31)13-14-26(30)32/h3-12,17H,13-16H2,1-2H3. The number of carbonyl (C=O) groups excluding carboxylic acids is 3. The number of ether oxygens (including phenoxy) is 3. The van der Waals surface area contributed by atoms with Crippen molar-refractivity contribution in [2.24, 2.45) is 0 Å². The Bertz CT molecular complexity index is 1460. The summed E-state index contributed by atoms with van der Waals surface area (Å²) in [5.41, 5.74) is 2.09. The molecule has 2 amide bonds. The number of amides is 2. The summed E-state index contributed by atoms with van der Waals surface area (Å²) in [5, 5.41) is 0.863. The lowest BCUT2D eigenvalue weighted by molar-refractivity contribution is -0.138. The van der Waals surface area contributed by atoms with Crippen LogP contribution in [0.15, 0.2) is 66.7 Å². The topological polar surface area (TPSA) is 82.1 Å². The molecule has 7 nitrogen and oxygen atoms in total. The fourth-order valence-electron chi connectivity index (χ4n) is 4.35. The van der Waals surface area contributed by atoms with Crippen LogP contribution in [0.2, 0.25) is 0 Å². The van der Waals surface area contributed by atoms with Crippen molar-refractivity contribution < 1.29 is 28.6 Å². The summed E-state index contributed by atoms with van der Waals surface area (Å²) in [6.07, 6.45) is 0.524. The molecule has 0 N–H and O–H groups in total. The van der Waals surface area contributed by atoms with Crippen molar-refractivity contribution in [3.63, 3.8) is 0 Å². The van der Waals surface area contributed by atoms with Crippen molar-refractivity contribution in [1.29, 1.82) is 0 Å². The predicted molar refractivity (Wildman–Crippen MR) is 142 cm³/mol. The van der Waals surface area contributed by atoms with Crippen LogP contribution in [-0.4, -0.2) is 49.9 Å². The molecule has 0 unspecified atom stereocenters. The monoisotopic (exact) mass is 515 g/mol. The van der Waals surface area contributed by atoms with Gasteiger partial charge in [0.1, 0.15) is 23.9 Å². The zero-order chi connectivity index (χ0) is 25.9. The van der Waals surface area contributed by atoms with Gasteiger partial charge in [-0.3, -0.25) is 19.3 Å². The molecule has 37 heavy (non-hydrogen) atoms. The molecule has 4 aromatic rings. The van der Waals surface area contributed by atoms with Crippen LogP contribution >= 0.6 is 11.3 Å². The molecule has 0 aliphatic carbocycles. The number of hydrogen-bond acceptors (Lipinski definition) is 7. The Labute approximate surface area is 218 Å². The number of rotatable bonds is 9. The molecule has 2 heterocycles. The third-order valence-corrected chi connectivity index (χ3v) is 7.53. The summed E-state index contributed by atoms with van der Waals surface area (Å²) in [5.74, 6) is 1.61. The zero-order valence-electron chi connectivity index (χ0n) is 20.5. The fourth-order valence-corrected chi connectivity index (χ4v) is 5.58. The Morgan fingerprint density at radius 1 is 0.838 bits per heavy atom. The summed E-state index contributed by atoms with van der Waals surface area (Å²) < 4.78 is 17.4. The lowest BCUT2D eigenvalue weighted by Crippen LogP contribution is -2.33. The Balaban J connectivity index is 1.41. The van der Waals surface area contributed by atoms with Gasteiger partial charge in [-0.05, 0) is 72.3 Å².